The molecule has 0 spiro atoms. The summed E-state index contributed by atoms with van der Waals surface area (Å²) in [4.78, 5) is 39.0. The van der Waals surface area contributed by atoms with Gasteiger partial charge in [0.05, 0.1) is 41.8 Å². The molecular weight excluding hydrogens is 488 g/mol. The van der Waals surface area contributed by atoms with Gasteiger partial charge in [-0.15, -0.1) is 0 Å². The summed E-state index contributed by atoms with van der Waals surface area (Å²) < 4.78 is 11.7. The van der Waals surface area contributed by atoms with E-state index in [2.05, 4.69) is 13.0 Å². The molecule has 3 aliphatic rings. The number of amides is 2. The molecule has 2 fully saturated rings. The molecule has 198 valence electrons. The van der Waals surface area contributed by atoms with Crippen LogP contribution in [0.2, 0.25) is 0 Å². The quantitative estimate of drug-likeness (QED) is 0.234. The molecule has 38 heavy (non-hydrogen) atoms. The second kappa shape index (κ2) is 10.5. The van der Waals surface area contributed by atoms with Gasteiger partial charge < -0.3 is 14.6 Å². The van der Waals surface area contributed by atoms with Gasteiger partial charge in [-0.3, -0.25) is 19.7 Å². The van der Waals surface area contributed by atoms with Gasteiger partial charge >= 0.3 is 0 Å². The highest BCUT2D eigenvalue weighted by Crippen LogP contribution is 2.50. The summed E-state index contributed by atoms with van der Waals surface area (Å²) in [6.07, 6.45) is 3.81. The van der Waals surface area contributed by atoms with Crippen molar-refractivity contribution >= 4 is 29.3 Å². The summed E-state index contributed by atoms with van der Waals surface area (Å²) in [5, 5.41) is 20.8. The predicted octanol–water partition coefficient (Wildman–Crippen LogP) is 4.65. The average molecular weight is 519 g/mol. The van der Waals surface area contributed by atoms with E-state index in [1.165, 1.54) is 18.2 Å². The lowest BCUT2D eigenvalue weighted by molar-refractivity contribution is -0.384. The number of anilines is 1. The number of phenols is 1. The Labute approximate surface area is 220 Å². The van der Waals surface area contributed by atoms with E-state index in [0.29, 0.717) is 19.6 Å². The van der Waals surface area contributed by atoms with Crippen LogP contribution in [0.15, 0.2) is 65.3 Å². The third-order valence-corrected chi connectivity index (χ3v) is 7.73. The molecule has 2 aromatic rings. The highest BCUT2D eigenvalue weighted by molar-refractivity contribution is 6.22. The zero-order valence-electron chi connectivity index (χ0n) is 21.3. The summed E-state index contributed by atoms with van der Waals surface area (Å²) in [6.45, 7) is 2.75. The number of non-ortho nitro benzene ring substituents is 1. The fourth-order valence-corrected chi connectivity index (χ4v) is 6.07. The molecule has 1 aliphatic carbocycles. The highest BCUT2D eigenvalue weighted by atomic mass is 16.6. The Bertz CT molecular complexity index is 1330. The van der Waals surface area contributed by atoms with E-state index in [1.807, 2.05) is 12.1 Å². The van der Waals surface area contributed by atoms with E-state index in [0.717, 1.165) is 40.0 Å². The number of nitrogens with zero attached hydrogens (tertiary/aromatic N) is 2. The number of rotatable bonds is 8. The van der Waals surface area contributed by atoms with Crippen LogP contribution in [0.25, 0.3) is 6.08 Å². The van der Waals surface area contributed by atoms with Crippen LogP contribution in [-0.4, -0.2) is 48.3 Å². The number of benzene rings is 2. The third-order valence-electron chi connectivity index (χ3n) is 7.73. The van der Waals surface area contributed by atoms with Crippen molar-refractivity contribution in [1.82, 2.24) is 0 Å². The molecule has 9 nitrogen and oxygen atoms in total. The number of nitro groups is 1. The number of carbonyl (C=O) groups excluding carboxylic acids is 2. The molecule has 0 aromatic heterocycles. The van der Waals surface area contributed by atoms with Crippen molar-refractivity contribution in [1.29, 1.82) is 0 Å². The van der Waals surface area contributed by atoms with Crippen LogP contribution >= 0.6 is 0 Å². The fraction of sp³-hybridized carbons (Fsp3) is 0.379. The number of ether oxygens (including phenoxy) is 2. The van der Waals surface area contributed by atoms with Gasteiger partial charge in [-0.25, -0.2) is 4.90 Å². The lowest BCUT2D eigenvalue weighted by Gasteiger charge is -2.31. The molecule has 0 bridgehead atoms. The number of imide groups is 1. The van der Waals surface area contributed by atoms with Gasteiger partial charge in [0, 0.05) is 25.2 Å². The predicted molar refractivity (Wildman–Crippen MR) is 140 cm³/mol. The number of fused-ring (bicyclic) bond motifs is 3. The molecule has 0 radical (unpaired) electrons. The minimum Gasteiger partial charge on any atom is -0.508 e. The lowest BCUT2D eigenvalue weighted by Crippen LogP contribution is -2.35. The topological polar surface area (TPSA) is 119 Å². The maximum atomic E-state index is 13.6. The number of nitro benzene ring substituents is 1. The molecule has 4 atom stereocenters. The molecule has 9 heteroatoms. The second-order valence-corrected chi connectivity index (χ2v) is 10.2. The van der Waals surface area contributed by atoms with E-state index in [-0.39, 0.29) is 41.0 Å². The Hall–Kier alpha value is -3.82. The van der Waals surface area contributed by atoms with Crippen LogP contribution in [0.3, 0.4) is 0 Å². The Morgan fingerprint density at radius 3 is 2.66 bits per heavy atom. The van der Waals surface area contributed by atoms with Crippen molar-refractivity contribution in [3.63, 3.8) is 0 Å². The average Bonchev–Trinajstić information content (AvgIpc) is 3.43. The first-order chi connectivity index (χ1) is 18.3. The fourth-order valence-electron chi connectivity index (χ4n) is 6.07. The minimum atomic E-state index is -0.559. The van der Waals surface area contributed by atoms with E-state index in [4.69, 9.17) is 9.47 Å². The molecule has 2 saturated heterocycles. The Kier molecular flexibility index (Phi) is 7.14. The van der Waals surface area contributed by atoms with Gasteiger partial charge in [-0.1, -0.05) is 29.8 Å². The maximum absolute atomic E-state index is 13.6. The van der Waals surface area contributed by atoms with Crippen LogP contribution in [-0.2, 0) is 19.1 Å². The summed E-state index contributed by atoms with van der Waals surface area (Å²) >= 11 is 0. The van der Waals surface area contributed by atoms with Crippen molar-refractivity contribution in [3.8, 4) is 5.75 Å². The number of phenolic OH excluding ortho intramolecular Hbond substituents is 1. The SMILES string of the molecule is COCC1=C2[C@@H](CC/C(C)=C/c3ccc(O)cc3)OC[C@@H]2[C@@H]2C(=O)N(c3cccc([N+](=O)[O-])c3)C(=O)[C@@H]2C1. The van der Waals surface area contributed by atoms with E-state index >= 15 is 0 Å². The number of carbonyl (C=O) groups is 2. The number of methoxy groups -OCH3 is 1. The van der Waals surface area contributed by atoms with Gasteiger partial charge in [-0.05, 0) is 61.1 Å². The van der Waals surface area contributed by atoms with Crippen molar-refractivity contribution in [2.45, 2.75) is 32.3 Å². The molecule has 2 aromatic carbocycles. The van der Waals surface area contributed by atoms with Crippen LogP contribution in [0.4, 0.5) is 11.4 Å². The van der Waals surface area contributed by atoms with Crippen molar-refractivity contribution < 1.29 is 29.1 Å². The number of aromatic hydroxyl groups is 1. The standard InChI is InChI=1S/C29H30N2O7/c1-17(12-18-7-9-22(32)10-8-18)6-11-25-26-19(15-37-2)13-23-27(24(26)16-38-25)29(34)30(28(23)33)20-4-3-5-21(14-20)31(35)36/h3-5,7-10,12,14,23-25,27,32H,6,11,13,15-16H2,1-2H3/b17-12+/t23-,24+,25-,27-/m1/s1. The zero-order valence-corrected chi connectivity index (χ0v) is 21.3. The van der Waals surface area contributed by atoms with Crippen LogP contribution < -0.4 is 4.90 Å². The zero-order chi connectivity index (χ0) is 27.0. The van der Waals surface area contributed by atoms with Crippen molar-refractivity contribution in [2.24, 2.45) is 17.8 Å². The summed E-state index contributed by atoms with van der Waals surface area (Å²) in [6, 6.07) is 12.7. The van der Waals surface area contributed by atoms with Crippen LogP contribution in [0, 0.1) is 27.9 Å². The normalized spacial score (nSPS) is 25.1. The molecular formula is C29H30N2O7. The Morgan fingerprint density at radius 2 is 1.95 bits per heavy atom. The molecule has 0 unspecified atom stereocenters. The number of hydrogen-bond donors (Lipinski definition) is 1. The number of hydrogen-bond acceptors (Lipinski definition) is 7. The summed E-state index contributed by atoms with van der Waals surface area (Å²) in [5.41, 5.74) is 4.28. The molecule has 2 heterocycles. The van der Waals surface area contributed by atoms with Crippen molar-refractivity contribution in [2.75, 3.05) is 25.2 Å². The van der Waals surface area contributed by atoms with E-state index < -0.39 is 16.8 Å². The summed E-state index contributed by atoms with van der Waals surface area (Å²) in [5.74, 6) is -1.76. The van der Waals surface area contributed by atoms with Gasteiger partial charge in [0.25, 0.3) is 5.69 Å². The lowest BCUT2D eigenvalue weighted by atomic mass is 9.69. The smallest absolute Gasteiger partial charge is 0.271 e. The van der Waals surface area contributed by atoms with Crippen LogP contribution in [0.1, 0.15) is 31.7 Å². The first kappa shape index (κ1) is 25.8. The Balaban J connectivity index is 1.38. The number of allylic oxidation sites excluding steroid dienone is 1. The maximum Gasteiger partial charge on any atom is 0.271 e. The van der Waals surface area contributed by atoms with Crippen LogP contribution in [0.5, 0.6) is 5.75 Å². The van der Waals surface area contributed by atoms with Gasteiger partial charge in [0.2, 0.25) is 11.8 Å². The van der Waals surface area contributed by atoms with Gasteiger partial charge in [0.1, 0.15) is 5.75 Å². The first-order valence-electron chi connectivity index (χ1n) is 12.7. The molecule has 2 amide bonds. The minimum absolute atomic E-state index is 0.170. The highest BCUT2D eigenvalue weighted by Gasteiger charge is 2.57. The first-order valence-corrected chi connectivity index (χ1v) is 12.7. The second-order valence-electron chi connectivity index (χ2n) is 10.2. The van der Waals surface area contributed by atoms with Gasteiger partial charge in [0.15, 0.2) is 0 Å². The molecule has 1 N–H and O–H groups in total. The Morgan fingerprint density at radius 1 is 1.18 bits per heavy atom. The molecule has 0 saturated carbocycles. The van der Waals surface area contributed by atoms with Crippen molar-refractivity contribution in [3.05, 3.63) is 80.9 Å². The van der Waals surface area contributed by atoms with E-state index in [9.17, 15) is 24.8 Å². The molecule has 2 aliphatic heterocycles. The monoisotopic (exact) mass is 518 g/mol. The third kappa shape index (κ3) is 4.75. The summed E-state index contributed by atoms with van der Waals surface area (Å²) in [7, 11) is 1.61. The molecule has 5 rings (SSSR count). The van der Waals surface area contributed by atoms with Gasteiger partial charge in [-0.2, -0.15) is 0 Å². The largest absolute Gasteiger partial charge is 0.508 e. The van der Waals surface area contributed by atoms with E-state index in [1.54, 1.807) is 25.3 Å².